The Kier molecular flexibility index (Phi) is 4.03. The van der Waals surface area contributed by atoms with E-state index in [-0.39, 0.29) is 12.4 Å². The first-order chi connectivity index (χ1) is 6.63. The summed E-state index contributed by atoms with van der Waals surface area (Å²) in [4.78, 5) is 3.85. The lowest BCUT2D eigenvalue weighted by atomic mass is 10.3. The molecule has 78 valence electrons. The Morgan fingerprint density at radius 2 is 2.21 bits per heavy atom. The molecule has 0 radical (unpaired) electrons. The Labute approximate surface area is 84.8 Å². The molecule has 0 aliphatic rings. The second-order valence-corrected chi connectivity index (χ2v) is 2.89. The van der Waals surface area contributed by atoms with Crippen molar-refractivity contribution in [2.75, 3.05) is 6.61 Å². The first-order valence-corrected chi connectivity index (χ1v) is 4.27. The van der Waals surface area contributed by atoms with Crippen LogP contribution < -0.4 is 10.5 Å². The van der Waals surface area contributed by atoms with Crippen molar-refractivity contribution in [2.24, 2.45) is 5.73 Å². The van der Waals surface area contributed by atoms with Crippen LogP contribution in [-0.2, 0) is 6.54 Å². The predicted octanol–water partition coefficient (Wildman–Crippen LogP) is 1.84. The predicted molar refractivity (Wildman–Crippen MR) is 48.6 cm³/mol. The molecule has 6 heteroatoms. The smallest absolute Gasteiger partial charge is 0.272 e. The van der Waals surface area contributed by atoms with Crippen molar-refractivity contribution in [2.45, 2.75) is 13.0 Å². The Morgan fingerprint density at radius 1 is 1.50 bits per heavy atom. The maximum Gasteiger partial charge on any atom is 0.272 e. The summed E-state index contributed by atoms with van der Waals surface area (Å²) in [5, 5.41) is 0.400. The second kappa shape index (κ2) is 5.07. The van der Waals surface area contributed by atoms with Crippen molar-refractivity contribution in [3.05, 3.63) is 22.8 Å². The molecule has 1 aromatic rings. The second-order valence-electron chi connectivity index (χ2n) is 2.48. The van der Waals surface area contributed by atoms with Gasteiger partial charge < -0.3 is 10.5 Å². The number of pyridine rings is 1. The first-order valence-electron chi connectivity index (χ1n) is 3.90. The third kappa shape index (κ3) is 3.08. The van der Waals surface area contributed by atoms with Crippen molar-refractivity contribution in [1.82, 2.24) is 4.98 Å². The fourth-order valence-electron chi connectivity index (χ4n) is 0.836. The average molecular weight is 223 g/mol. The molecule has 0 aliphatic heterocycles. The van der Waals surface area contributed by atoms with Crippen molar-refractivity contribution in [3.63, 3.8) is 0 Å². The maximum atomic E-state index is 11.8. The third-order valence-electron chi connectivity index (χ3n) is 1.44. The summed E-state index contributed by atoms with van der Waals surface area (Å²) in [5.41, 5.74) is 5.75. The van der Waals surface area contributed by atoms with Gasteiger partial charge in [-0.25, -0.2) is 13.8 Å². The van der Waals surface area contributed by atoms with Crippen LogP contribution in [0.5, 0.6) is 5.88 Å². The number of aromatic nitrogens is 1. The molecule has 1 heterocycles. The molecule has 14 heavy (non-hydrogen) atoms. The van der Waals surface area contributed by atoms with Gasteiger partial charge in [0.2, 0.25) is 5.88 Å². The Morgan fingerprint density at radius 3 is 2.79 bits per heavy atom. The molecule has 1 rings (SSSR count). The zero-order chi connectivity index (χ0) is 10.6. The highest BCUT2D eigenvalue weighted by molar-refractivity contribution is 6.31. The molecule has 0 spiro atoms. The molecule has 0 bridgehead atoms. The number of hydrogen-bond acceptors (Lipinski definition) is 3. The highest BCUT2D eigenvalue weighted by atomic mass is 35.5. The van der Waals surface area contributed by atoms with Crippen molar-refractivity contribution >= 4 is 11.6 Å². The van der Waals surface area contributed by atoms with E-state index >= 15 is 0 Å². The minimum absolute atomic E-state index is 0.107. The van der Waals surface area contributed by atoms with E-state index in [2.05, 4.69) is 9.72 Å². The molecule has 0 atom stereocenters. The average Bonchev–Trinajstić information content (AvgIpc) is 2.16. The normalized spacial score (nSPS) is 10.6. The summed E-state index contributed by atoms with van der Waals surface area (Å²) in [6.07, 6.45) is -2.52. The molecule has 0 saturated heterocycles. The number of halogens is 3. The summed E-state index contributed by atoms with van der Waals surface area (Å²) in [6, 6.07) is 2.93. The topological polar surface area (TPSA) is 48.1 Å². The number of nitrogens with two attached hydrogens (primary N) is 1. The molecule has 0 aromatic carbocycles. The fraction of sp³-hybridized carbons (Fsp3) is 0.375. The highest BCUT2D eigenvalue weighted by Crippen LogP contribution is 2.17. The standard InChI is InChI=1S/C8H9ClF2N2O/c9-5-1-2-8(13-6(5)3-12)14-4-7(10)11/h1-2,7H,3-4,12H2. The number of ether oxygens (including phenoxy) is 1. The van der Waals surface area contributed by atoms with Crippen LogP contribution in [0, 0.1) is 0 Å². The van der Waals surface area contributed by atoms with Crippen LogP contribution in [0.15, 0.2) is 12.1 Å². The van der Waals surface area contributed by atoms with E-state index in [4.69, 9.17) is 17.3 Å². The van der Waals surface area contributed by atoms with Crippen LogP contribution in [0.4, 0.5) is 8.78 Å². The van der Waals surface area contributed by atoms with Crippen LogP contribution in [0.2, 0.25) is 5.02 Å². The lowest BCUT2D eigenvalue weighted by molar-refractivity contribution is 0.0795. The molecule has 0 saturated carbocycles. The van der Waals surface area contributed by atoms with E-state index in [1.165, 1.54) is 12.1 Å². The van der Waals surface area contributed by atoms with E-state index < -0.39 is 13.0 Å². The summed E-state index contributed by atoms with van der Waals surface area (Å²) < 4.78 is 28.2. The molecule has 2 N–H and O–H groups in total. The Bertz CT molecular complexity index is 309. The van der Waals surface area contributed by atoms with E-state index in [1.807, 2.05) is 0 Å². The zero-order valence-corrected chi connectivity index (χ0v) is 7.97. The van der Waals surface area contributed by atoms with Gasteiger partial charge in [0, 0.05) is 12.6 Å². The van der Waals surface area contributed by atoms with E-state index in [0.29, 0.717) is 10.7 Å². The molecule has 0 unspecified atom stereocenters. The summed E-state index contributed by atoms with van der Waals surface area (Å²) >= 11 is 5.71. The zero-order valence-electron chi connectivity index (χ0n) is 7.21. The minimum atomic E-state index is -2.52. The van der Waals surface area contributed by atoms with E-state index in [1.54, 1.807) is 0 Å². The van der Waals surface area contributed by atoms with Gasteiger partial charge in [-0.3, -0.25) is 0 Å². The van der Waals surface area contributed by atoms with Crippen LogP contribution in [0.1, 0.15) is 5.69 Å². The van der Waals surface area contributed by atoms with Gasteiger partial charge in [-0.05, 0) is 6.07 Å². The molecule has 0 fully saturated rings. The van der Waals surface area contributed by atoms with Crippen molar-refractivity contribution in [1.29, 1.82) is 0 Å². The van der Waals surface area contributed by atoms with E-state index in [0.717, 1.165) is 0 Å². The SMILES string of the molecule is NCc1nc(OCC(F)F)ccc1Cl. The number of nitrogens with zero attached hydrogens (tertiary/aromatic N) is 1. The highest BCUT2D eigenvalue weighted by Gasteiger charge is 2.06. The van der Waals surface area contributed by atoms with Gasteiger partial charge in [-0.1, -0.05) is 11.6 Å². The van der Waals surface area contributed by atoms with Crippen LogP contribution in [-0.4, -0.2) is 18.0 Å². The molecule has 0 amide bonds. The largest absolute Gasteiger partial charge is 0.472 e. The molecular formula is C8H9ClF2N2O. The lowest BCUT2D eigenvalue weighted by Crippen LogP contribution is -2.09. The van der Waals surface area contributed by atoms with Gasteiger partial charge in [-0.2, -0.15) is 0 Å². The number of hydrogen-bond donors (Lipinski definition) is 1. The lowest BCUT2D eigenvalue weighted by Gasteiger charge is -2.06. The Balaban J connectivity index is 2.69. The molecular weight excluding hydrogens is 214 g/mol. The third-order valence-corrected chi connectivity index (χ3v) is 1.79. The summed E-state index contributed by atoms with van der Waals surface area (Å²) in [6.45, 7) is -0.538. The van der Waals surface area contributed by atoms with Crippen molar-refractivity contribution in [3.8, 4) is 5.88 Å². The van der Waals surface area contributed by atoms with Crippen LogP contribution in [0.3, 0.4) is 0 Å². The Hall–Kier alpha value is -0.940. The monoisotopic (exact) mass is 222 g/mol. The quantitative estimate of drug-likeness (QED) is 0.846. The maximum absolute atomic E-state index is 11.8. The van der Waals surface area contributed by atoms with Gasteiger partial charge in [0.25, 0.3) is 6.43 Å². The van der Waals surface area contributed by atoms with Gasteiger partial charge in [0.1, 0.15) is 0 Å². The summed E-state index contributed by atoms with van der Waals surface area (Å²) in [5.74, 6) is 0.107. The van der Waals surface area contributed by atoms with Gasteiger partial charge in [-0.15, -0.1) is 0 Å². The number of alkyl halides is 2. The molecule has 3 nitrogen and oxygen atoms in total. The molecule has 1 aromatic heterocycles. The fourth-order valence-corrected chi connectivity index (χ4v) is 1.02. The first kappa shape index (κ1) is 11.1. The van der Waals surface area contributed by atoms with E-state index in [9.17, 15) is 8.78 Å². The van der Waals surface area contributed by atoms with Gasteiger partial charge >= 0.3 is 0 Å². The molecule has 0 aliphatic carbocycles. The van der Waals surface area contributed by atoms with Crippen LogP contribution >= 0.6 is 11.6 Å². The van der Waals surface area contributed by atoms with Gasteiger partial charge in [0.05, 0.1) is 10.7 Å². The number of rotatable bonds is 4. The van der Waals surface area contributed by atoms with Crippen molar-refractivity contribution < 1.29 is 13.5 Å². The summed E-state index contributed by atoms with van der Waals surface area (Å²) in [7, 11) is 0. The van der Waals surface area contributed by atoms with Crippen LogP contribution in [0.25, 0.3) is 0 Å². The van der Waals surface area contributed by atoms with Gasteiger partial charge in [0.15, 0.2) is 6.61 Å². The minimum Gasteiger partial charge on any atom is -0.472 e.